The average Bonchev–Trinajstić information content (AvgIpc) is 2.70. The molecule has 0 spiro atoms. The highest BCUT2D eigenvalue weighted by atomic mass is 32.2. The molecule has 29 heavy (non-hydrogen) atoms. The second-order valence-electron chi connectivity index (χ2n) is 6.88. The number of hydrogen-bond acceptors (Lipinski definition) is 4. The number of nitrogens with zero attached hydrogens (tertiary/aromatic N) is 2. The molecule has 0 bridgehead atoms. The molecule has 2 N–H and O–H groups in total. The first kappa shape index (κ1) is 23.0. The topological polar surface area (TPSA) is 48.9 Å². The fourth-order valence-electron chi connectivity index (χ4n) is 2.76. The van der Waals surface area contributed by atoms with Gasteiger partial charge in [-0.05, 0) is 49.7 Å². The lowest BCUT2D eigenvalue weighted by molar-refractivity contribution is 0.259. The van der Waals surface area contributed by atoms with Gasteiger partial charge in [0.15, 0.2) is 5.96 Å². The molecule has 0 saturated heterocycles. The van der Waals surface area contributed by atoms with Gasteiger partial charge >= 0.3 is 0 Å². The molecule has 7 heteroatoms. The van der Waals surface area contributed by atoms with Gasteiger partial charge in [-0.3, -0.25) is 4.99 Å². The molecular formula is C22H31FN4OS. The van der Waals surface area contributed by atoms with Crippen LogP contribution in [0.25, 0.3) is 0 Å². The van der Waals surface area contributed by atoms with Gasteiger partial charge in [-0.25, -0.2) is 4.39 Å². The number of rotatable bonds is 10. The van der Waals surface area contributed by atoms with Crippen LogP contribution in [0.5, 0.6) is 5.75 Å². The number of nitrogens with one attached hydrogen (secondary N) is 2. The van der Waals surface area contributed by atoms with Crippen LogP contribution in [0.3, 0.4) is 0 Å². The van der Waals surface area contributed by atoms with Crippen molar-refractivity contribution in [1.82, 2.24) is 15.5 Å². The summed E-state index contributed by atoms with van der Waals surface area (Å²) in [6, 6.07) is 12.9. The molecule has 0 aromatic heterocycles. The van der Waals surface area contributed by atoms with Crippen molar-refractivity contribution in [2.24, 2.45) is 4.99 Å². The molecule has 0 saturated carbocycles. The highest BCUT2D eigenvalue weighted by Crippen LogP contribution is 2.18. The quantitative estimate of drug-likeness (QED) is 0.457. The summed E-state index contributed by atoms with van der Waals surface area (Å²) < 4.78 is 19.5. The number of guanidine groups is 1. The van der Waals surface area contributed by atoms with E-state index in [1.54, 1.807) is 24.9 Å². The molecule has 0 fully saturated rings. The maximum atomic E-state index is 13.5. The maximum absolute atomic E-state index is 13.5. The second kappa shape index (κ2) is 12.3. The molecular weight excluding hydrogens is 387 g/mol. The Hall–Kier alpha value is -2.25. The van der Waals surface area contributed by atoms with Crippen LogP contribution >= 0.6 is 11.8 Å². The number of ether oxygens (including phenoxy) is 1. The van der Waals surface area contributed by atoms with Gasteiger partial charge in [0.25, 0.3) is 0 Å². The normalized spacial score (nSPS) is 11.6. The number of thioether (sulfide) groups is 1. The number of benzene rings is 2. The molecule has 0 atom stereocenters. The van der Waals surface area contributed by atoms with Gasteiger partial charge in [-0.2, -0.15) is 11.8 Å². The van der Waals surface area contributed by atoms with E-state index in [-0.39, 0.29) is 5.82 Å². The van der Waals surface area contributed by atoms with Crippen LogP contribution in [0.2, 0.25) is 0 Å². The van der Waals surface area contributed by atoms with Crippen molar-refractivity contribution < 1.29 is 9.13 Å². The lowest BCUT2D eigenvalue weighted by Crippen LogP contribution is -2.36. The highest BCUT2D eigenvalue weighted by molar-refractivity contribution is 7.97. The average molecular weight is 419 g/mol. The molecule has 0 aliphatic heterocycles. The molecule has 0 aliphatic carbocycles. The van der Waals surface area contributed by atoms with E-state index < -0.39 is 0 Å². The van der Waals surface area contributed by atoms with Crippen molar-refractivity contribution in [2.75, 3.05) is 40.6 Å². The van der Waals surface area contributed by atoms with Crippen LogP contribution in [-0.4, -0.2) is 51.4 Å². The summed E-state index contributed by atoms with van der Waals surface area (Å²) in [6.07, 6.45) is 2.01. The van der Waals surface area contributed by atoms with E-state index in [1.807, 2.05) is 50.7 Å². The molecule has 2 aromatic rings. The van der Waals surface area contributed by atoms with Crippen molar-refractivity contribution in [3.8, 4) is 5.75 Å². The summed E-state index contributed by atoms with van der Waals surface area (Å²) >= 11 is 1.68. The number of para-hydroxylation sites is 1. The van der Waals surface area contributed by atoms with Gasteiger partial charge in [0.1, 0.15) is 18.2 Å². The molecule has 2 rings (SSSR count). The van der Waals surface area contributed by atoms with Crippen LogP contribution in [0.4, 0.5) is 4.39 Å². The SMILES string of the molecule is CN=C(NCc1ccc(F)cc1CSC)NCc1ccccc1OCCN(C)C. The zero-order valence-electron chi connectivity index (χ0n) is 17.7. The molecule has 158 valence electrons. The van der Waals surface area contributed by atoms with E-state index in [1.165, 1.54) is 6.07 Å². The zero-order chi connectivity index (χ0) is 21.1. The molecule has 0 heterocycles. The number of aliphatic imine (C=N–C) groups is 1. The largest absolute Gasteiger partial charge is 0.492 e. The van der Waals surface area contributed by atoms with Gasteiger partial charge in [-0.1, -0.05) is 24.3 Å². The predicted octanol–water partition coefficient (Wildman–Crippen LogP) is 3.49. The fourth-order valence-corrected chi connectivity index (χ4v) is 3.34. The first-order valence-corrected chi connectivity index (χ1v) is 11.0. The first-order valence-electron chi connectivity index (χ1n) is 9.59. The lowest BCUT2D eigenvalue weighted by atomic mass is 10.1. The van der Waals surface area contributed by atoms with Crippen molar-refractivity contribution in [3.05, 3.63) is 65.0 Å². The standard InChI is InChI=1S/C22H31FN4OS/c1-24-22(25-14-17-9-10-20(23)13-19(17)16-29-4)26-15-18-7-5-6-8-21(18)28-12-11-27(2)3/h5-10,13H,11-12,14-16H2,1-4H3,(H2,24,25,26). The monoisotopic (exact) mass is 418 g/mol. The molecule has 0 aliphatic rings. The first-order chi connectivity index (χ1) is 14.0. The number of halogens is 1. The van der Waals surface area contributed by atoms with Crippen LogP contribution in [-0.2, 0) is 18.8 Å². The minimum atomic E-state index is -0.203. The van der Waals surface area contributed by atoms with Gasteiger partial charge in [0, 0.05) is 38.0 Å². The Balaban J connectivity index is 1.93. The van der Waals surface area contributed by atoms with Crippen LogP contribution in [0, 0.1) is 5.82 Å². The third-order valence-electron chi connectivity index (χ3n) is 4.35. The third kappa shape index (κ3) is 7.95. The van der Waals surface area contributed by atoms with Crippen molar-refractivity contribution in [1.29, 1.82) is 0 Å². The summed E-state index contributed by atoms with van der Waals surface area (Å²) in [7, 11) is 5.79. The minimum absolute atomic E-state index is 0.203. The van der Waals surface area contributed by atoms with E-state index in [0.717, 1.165) is 34.7 Å². The predicted molar refractivity (Wildman–Crippen MR) is 121 cm³/mol. The Morgan fingerprint density at radius 1 is 1.07 bits per heavy atom. The fraction of sp³-hybridized carbons (Fsp3) is 0.409. The molecule has 2 aromatic carbocycles. The number of hydrogen-bond donors (Lipinski definition) is 2. The summed E-state index contributed by atoms with van der Waals surface area (Å²) in [5, 5.41) is 6.64. The summed E-state index contributed by atoms with van der Waals surface area (Å²) in [5.41, 5.74) is 3.13. The summed E-state index contributed by atoms with van der Waals surface area (Å²) in [6.45, 7) is 2.68. The zero-order valence-corrected chi connectivity index (χ0v) is 18.5. The Morgan fingerprint density at radius 3 is 2.48 bits per heavy atom. The van der Waals surface area contributed by atoms with Crippen molar-refractivity contribution in [2.45, 2.75) is 18.8 Å². The highest BCUT2D eigenvalue weighted by Gasteiger charge is 2.07. The Morgan fingerprint density at radius 2 is 1.79 bits per heavy atom. The van der Waals surface area contributed by atoms with Gasteiger partial charge in [-0.15, -0.1) is 0 Å². The third-order valence-corrected chi connectivity index (χ3v) is 4.95. The Labute approximate surface area is 177 Å². The summed E-state index contributed by atoms with van der Waals surface area (Å²) in [5.74, 6) is 2.13. The van der Waals surface area contributed by atoms with Gasteiger partial charge in [0.2, 0.25) is 0 Å². The number of likely N-dealkylation sites (N-methyl/N-ethyl adjacent to an activating group) is 1. The van der Waals surface area contributed by atoms with Crippen molar-refractivity contribution >= 4 is 17.7 Å². The van der Waals surface area contributed by atoms with E-state index in [9.17, 15) is 4.39 Å². The smallest absolute Gasteiger partial charge is 0.191 e. The van der Waals surface area contributed by atoms with Crippen LogP contribution < -0.4 is 15.4 Å². The van der Waals surface area contributed by atoms with E-state index in [2.05, 4.69) is 20.5 Å². The maximum Gasteiger partial charge on any atom is 0.191 e. The van der Waals surface area contributed by atoms with Crippen LogP contribution in [0.1, 0.15) is 16.7 Å². The minimum Gasteiger partial charge on any atom is -0.492 e. The van der Waals surface area contributed by atoms with Crippen LogP contribution in [0.15, 0.2) is 47.5 Å². The van der Waals surface area contributed by atoms with Gasteiger partial charge < -0.3 is 20.3 Å². The van der Waals surface area contributed by atoms with Gasteiger partial charge in [0.05, 0.1) is 0 Å². The van der Waals surface area contributed by atoms with Crippen molar-refractivity contribution in [3.63, 3.8) is 0 Å². The Kier molecular flexibility index (Phi) is 9.80. The molecule has 0 unspecified atom stereocenters. The molecule has 0 amide bonds. The van der Waals surface area contributed by atoms with E-state index in [0.29, 0.717) is 25.7 Å². The molecule has 0 radical (unpaired) electrons. The van der Waals surface area contributed by atoms with E-state index in [4.69, 9.17) is 4.74 Å². The molecule has 5 nitrogen and oxygen atoms in total. The second-order valence-corrected chi connectivity index (χ2v) is 7.75. The Bertz CT molecular complexity index is 798. The summed E-state index contributed by atoms with van der Waals surface area (Å²) in [4.78, 5) is 6.38. The van der Waals surface area contributed by atoms with E-state index >= 15 is 0 Å². The lowest BCUT2D eigenvalue weighted by Gasteiger charge is -2.16.